The Labute approximate surface area is 169 Å². The number of ether oxygens (including phenoxy) is 1. The number of amides is 1. The molecule has 0 aliphatic carbocycles. The Morgan fingerprint density at radius 2 is 1.96 bits per heavy atom. The third-order valence-corrected chi connectivity index (χ3v) is 4.64. The molecule has 1 unspecified atom stereocenters. The van der Waals surface area contributed by atoms with Crippen molar-refractivity contribution in [1.29, 1.82) is 5.26 Å². The fourth-order valence-corrected chi connectivity index (χ4v) is 3.00. The second kappa shape index (κ2) is 8.50. The fourth-order valence-electron chi connectivity index (χ4n) is 2.43. The zero-order valence-corrected chi connectivity index (χ0v) is 16.4. The number of aromatic nitrogens is 2. The molecule has 0 fully saturated rings. The van der Waals surface area contributed by atoms with Crippen molar-refractivity contribution in [3.8, 4) is 17.3 Å². The van der Waals surface area contributed by atoms with E-state index in [4.69, 9.17) is 10.00 Å². The summed E-state index contributed by atoms with van der Waals surface area (Å²) in [6.07, 6.45) is -1.05. The Morgan fingerprint density at radius 1 is 1.21 bits per heavy atom. The van der Waals surface area contributed by atoms with Gasteiger partial charge in [0, 0.05) is 11.3 Å². The minimum absolute atomic E-state index is 0.116. The molecule has 0 spiro atoms. The Kier molecular flexibility index (Phi) is 5.87. The van der Waals surface area contributed by atoms with Gasteiger partial charge in [-0.25, -0.2) is 4.79 Å². The number of benzene rings is 2. The van der Waals surface area contributed by atoms with Gasteiger partial charge in [0.15, 0.2) is 11.8 Å². The first-order chi connectivity index (χ1) is 13.5. The zero-order chi connectivity index (χ0) is 20.1. The second-order valence-electron chi connectivity index (χ2n) is 5.86. The molecule has 1 amide bonds. The molecule has 28 heavy (non-hydrogen) atoms. The van der Waals surface area contributed by atoms with E-state index in [9.17, 15) is 9.59 Å². The van der Waals surface area contributed by atoms with Crippen molar-refractivity contribution in [3.63, 3.8) is 0 Å². The van der Waals surface area contributed by atoms with Crippen LogP contribution >= 0.6 is 15.9 Å². The van der Waals surface area contributed by atoms with Crippen LogP contribution in [0.4, 0.5) is 5.69 Å². The number of halogens is 1. The number of carbonyl (C=O) groups is 2. The predicted molar refractivity (Wildman–Crippen MR) is 106 cm³/mol. The van der Waals surface area contributed by atoms with E-state index in [1.54, 1.807) is 18.2 Å². The number of nitrogens with zero attached hydrogens (tertiary/aromatic N) is 2. The van der Waals surface area contributed by atoms with Crippen LogP contribution in [0.25, 0.3) is 11.3 Å². The lowest BCUT2D eigenvalue weighted by molar-refractivity contribution is -0.123. The Hall–Kier alpha value is -3.44. The maximum absolute atomic E-state index is 12.4. The van der Waals surface area contributed by atoms with Crippen molar-refractivity contribution in [3.05, 3.63) is 70.3 Å². The van der Waals surface area contributed by atoms with E-state index >= 15 is 0 Å². The fraction of sp³-hybridized carbons (Fsp3) is 0.100. The molecule has 2 aromatic carbocycles. The van der Waals surface area contributed by atoms with Crippen LogP contribution in [-0.4, -0.2) is 28.2 Å². The molecule has 0 aliphatic rings. The van der Waals surface area contributed by atoms with Gasteiger partial charge in [-0.3, -0.25) is 9.89 Å². The molecular weight excluding hydrogens is 424 g/mol. The van der Waals surface area contributed by atoms with Gasteiger partial charge < -0.3 is 10.1 Å². The molecular formula is C20H15BrN4O3. The molecule has 0 radical (unpaired) electrons. The Balaban J connectivity index is 1.68. The van der Waals surface area contributed by atoms with Crippen molar-refractivity contribution >= 4 is 33.5 Å². The molecule has 8 heteroatoms. The van der Waals surface area contributed by atoms with Gasteiger partial charge >= 0.3 is 5.97 Å². The standard InChI is InChI=1S/C20H15BrN4O3/c1-12(19(26)23-15-9-5-6-13(10-15)11-22)28-20(27)18-16(21)17(24-25-18)14-7-3-2-4-8-14/h2-10,12H,1H3,(H,23,26)(H,24,25). The van der Waals surface area contributed by atoms with Gasteiger partial charge in [0.25, 0.3) is 5.91 Å². The number of anilines is 1. The molecule has 2 N–H and O–H groups in total. The van der Waals surface area contributed by atoms with Crippen LogP contribution < -0.4 is 5.32 Å². The molecule has 0 saturated heterocycles. The first-order valence-electron chi connectivity index (χ1n) is 8.31. The van der Waals surface area contributed by atoms with Gasteiger partial charge in [0.2, 0.25) is 0 Å². The molecule has 0 bridgehead atoms. The number of H-pyrrole nitrogens is 1. The summed E-state index contributed by atoms with van der Waals surface area (Å²) in [6, 6.07) is 17.8. The number of esters is 1. The maximum Gasteiger partial charge on any atom is 0.358 e. The lowest BCUT2D eigenvalue weighted by atomic mass is 10.1. The van der Waals surface area contributed by atoms with Crippen LogP contribution in [0.3, 0.4) is 0 Å². The molecule has 1 atom stereocenters. The number of nitrogens with one attached hydrogen (secondary N) is 2. The van der Waals surface area contributed by atoms with Crippen LogP contribution in [0.1, 0.15) is 23.0 Å². The molecule has 3 aromatic rings. The highest BCUT2D eigenvalue weighted by Crippen LogP contribution is 2.29. The lowest BCUT2D eigenvalue weighted by Gasteiger charge is -2.13. The summed E-state index contributed by atoms with van der Waals surface area (Å²) in [6.45, 7) is 1.46. The van der Waals surface area contributed by atoms with Crippen LogP contribution in [0.15, 0.2) is 59.1 Å². The molecule has 0 saturated carbocycles. The van der Waals surface area contributed by atoms with Gasteiger partial charge in [-0.05, 0) is 41.1 Å². The van der Waals surface area contributed by atoms with Crippen LogP contribution in [0.2, 0.25) is 0 Å². The van der Waals surface area contributed by atoms with Gasteiger partial charge in [-0.2, -0.15) is 10.4 Å². The average Bonchev–Trinajstić information content (AvgIpc) is 3.10. The first-order valence-corrected chi connectivity index (χ1v) is 9.10. The van der Waals surface area contributed by atoms with Crippen LogP contribution in [-0.2, 0) is 9.53 Å². The SMILES string of the molecule is CC(OC(=O)c1[nH]nc(-c2ccccc2)c1Br)C(=O)Nc1cccc(C#N)c1. The zero-order valence-electron chi connectivity index (χ0n) is 14.8. The number of carbonyl (C=O) groups excluding carboxylic acids is 2. The van der Waals surface area contributed by atoms with E-state index in [0.29, 0.717) is 21.4 Å². The topological polar surface area (TPSA) is 108 Å². The summed E-state index contributed by atoms with van der Waals surface area (Å²) in [7, 11) is 0. The van der Waals surface area contributed by atoms with E-state index in [0.717, 1.165) is 5.56 Å². The highest BCUT2D eigenvalue weighted by Gasteiger charge is 2.24. The van der Waals surface area contributed by atoms with Crippen molar-refractivity contribution < 1.29 is 14.3 Å². The summed E-state index contributed by atoms with van der Waals surface area (Å²) >= 11 is 3.36. The highest BCUT2D eigenvalue weighted by molar-refractivity contribution is 9.10. The van der Waals surface area contributed by atoms with E-state index in [2.05, 4.69) is 31.4 Å². The molecule has 7 nitrogen and oxygen atoms in total. The Morgan fingerprint density at radius 3 is 2.68 bits per heavy atom. The lowest BCUT2D eigenvalue weighted by Crippen LogP contribution is -2.30. The summed E-state index contributed by atoms with van der Waals surface area (Å²) in [4.78, 5) is 24.7. The number of nitriles is 1. The predicted octanol–water partition coefficient (Wildman–Crippen LogP) is 3.89. The maximum atomic E-state index is 12.4. The van der Waals surface area contributed by atoms with E-state index in [1.807, 2.05) is 36.4 Å². The monoisotopic (exact) mass is 438 g/mol. The van der Waals surface area contributed by atoms with Gasteiger partial charge in [-0.1, -0.05) is 36.4 Å². The number of hydrogen-bond acceptors (Lipinski definition) is 5. The number of hydrogen-bond donors (Lipinski definition) is 2. The van der Waals surface area contributed by atoms with Gasteiger partial charge in [0.1, 0.15) is 5.69 Å². The summed E-state index contributed by atoms with van der Waals surface area (Å²) in [5.74, 6) is -1.22. The average molecular weight is 439 g/mol. The van der Waals surface area contributed by atoms with E-state index in [-0.39, 0.29) is 5.69 Å². The number of aromatic amines is 1. The first kappa shape index (κ1) is 19.3. The second-order valence-corrected chi connectivity index (χ2v) is 6.65. The minimum atomic E-state index is -1.05. The summed E-state index contributed by atoms with van der Waals surface area (Å²) in [5.41, 5.74) is 2.37. The van der Waals surface area contributed by atoms with Crippen molar-refractivity contribution in [1.82, 2.24) is 10.2 Å². The van der Waals surface area contributed by atoms with Gasteiger partial charge in [0.05, 0.1) is 16.1 Å². The summed E-state index contributed by atoms with van der Waals surface area (Å²) in [5, 5.41) is 18.3. The smallest absolute Gasteiger partial charge is 0.358 e. The molecule has 0 aliphatic heterocycles. The quantitative estimate of drug-likeness (QED) is 0.587. The normalized spacial score (nSPS) is 11.3. The third-order valence-electron chi connectivity index (χ3n) is 3.87. The van der Waals surface area contributed by atoms with E-state index in [1.165, 1.54) is 13.0 Å². The van der Waals surface area contributed by atoms with Crippen molar-refractivity contribution in [2.75, 3.05) is 5.32 Å². The summed E-state index contributed by atoms with van der Waals surface area (Å²) < 4.78 is 5.70. The number of rotatable bonds is 5. The van der Waals surface area contributed by atoms with E-state index < -0.39 is 18.0 Å². The van der Waals surface area contributed by atoms with Crippen LogP contribution in [0.5, 0.6) is 0 Å². The minimum Gasteiger partial charge on any atom is -0.448 e. The molecule has 140 valence electrons. The van der Waals surface area contributed by atoms with Crippen LogP contribution in [0, 0.1) is 11.3 Å². The van der Waals surface area contributed by atoms with Crippen molar-refractivity contribution in [2.45, 2.75) is 13.0 Å². The molecule has 1 heterocycles. The highest BCUT2D eigenvalue weighted by atomic mass is 79.9. The molecule has 3 rings (SSSR count). The third kappa shape index (κ3) is 4.27. The Bertz CT molecular complexity index is 1060. The largest absolute Gasteiger partial charge is 0.448 e. The van der Waals surface area contributed by atoms with Crippen molar-refractivity contribution in [2.24, 2.45) is 0 Å². The molecule has 1 aromatic heterocycles. The van der Waals surface area contributed by atoms with Gasteiger partial charge in [-0.15, -0.1) is 0 Å².